The third kappa shape index (κ3) is 6.16. The van der Waals surface area contributed by atoms with Crippen LogP contribution >= 0.6 is 11.6 Å². The number of halogens is 5. The summed E-state index contributed by atoms with van der Waals surface area (Å²) in [6, 6.07) is 2.84. The molecule has 0 aromatic heterocycles. The number of amidine groups is 1. The van der Waals surface area contributed by atoms with E-state index in [1.54, 1.807) is 6.07 Å². The highest BCUT2D eigenvalue weighted by Crippen LogP contribution is 2.35. The van der Waals surface area contributed by atoms with Gasteiger partial charge in [-0.3, -0.25) is 9.69 Å². The van der Waals surface area contributed by atoms with Crippen LogP contribution in [0.25, 0.3) is 0 Å². The Morgan fingerprint density at radius 3 is 2.63 bits per heavy atom. The van der Waals surface area contributed by atoms with E-state index in [0.29, 0.717) is 30.2 Å². The highest BCUT2D eigenvalue weighted by molar-refractivity contribution is 6.33. The van der Waals surface area contributed by atoms with Crippen LogP contribution in [0, 0.1) is 5.82 Å². The number of carboxylic acids is 1. The lowest BCUT2D eigenvalue weighted by Gasteiger charge is -2.36. The molecule has 1 aliphatic carbocycles. The summed E-state index contributed by atoms with van der Waals surface area (Å²) in [5.41, 5.74) is 1.67. The number of carbonyl (C=O) groups is 2. The first kappa shape index (κ1) is 27.6. The Bertz CT molecular complexity index is 1260. The first-order valence-electron chi connectivity index (χ1n) is 11.6. The Labute approximate surface area is 219 Å². The number of rotatable bonds is 3. The van der Waals surface area contributed by atoms with Gasteiger partial charge in [-0.15, -0.1) is 0 Å². The number of ether oxygens (including phenoxy) is 2. The number of aliphatic carboxylic acids is 1. The third-order valence-corrected chi connectivity index (χ3v) is 6.45. The summed E-state index contributed by atoms with van der Waals surface area (Å²) in [5.74, 6) is -2.86. The summed E-state index contributed by atoms with van der Waals surface area (Å²) in [7, 11) is 2.02. The topological polar surface area (TPSA) is 113 Å². The number of hydrogen-bond donors (Lipinski definition) is 2. The van der Waals surface area contributed by atoms with Crippen LogP contribution in [0.2, 0.25) is 0 Å². The predicted octanol–water partition coefficient (Wildman–Crippen LogP) is 3.69. The molecule has 0 bridgehead atoms. The average molecular weight is 559 g/mol. The monoisotopic (exact) mass is 558 g/mol. The lowest BCUT2D eigenvalue weighted by molar-refractivity contribution is -0.192. The van der Waals surface area contributed by atoms with Gasteiger partial charge < -0.3 is 19.9 Å². The molecule has 38 heavy (non-hydrogen) atoms. The van der Waals surface area contributed by atoms with Crippen LogP contribution in [0.15, 0.2) is 45.0 Å². The van der Waals surface area contributed by atoms with Crippen LogP contribution < -0.4 is 14.8 Å². The van der Waals surface area contributed by atoms with E-state index in [1.165, 1.54) is 6.07 Å². The quantitative estimate of drug-likeness (QED) is 0.547. The molecule has 204 valence electrons. The zero-order valence-electron chi connectivity index (χ0n) is 20.0. The first-order chi connectivity index (χ1) is 17.9. The number of fused-ring (bicyclic) bond motifs is 2. The van der Waals surface area contributed by atoms with Gasteiger partial charge in [-0.25, -0.2) is 19.2 Å². The van der Waals surface area contributed by atoms with Crippen molar-refractivity contribution in [3.05, 3.63) is 46.4 Å². The number of carboxylic acid groups (broad SMARTS) is 1. The highest BCUT2D eigenvalue weighted by Gasteiger charge is 2.38. The van der Waals surface area contributed by atoms with E-state index in [0.717, 1.165) is 30.2 Å². The first-order valence-corrected chi connectivity index (χ1v) is 11.9. The normalized spacial score (nSPS) is 22.6. The summed E-state index contributed by atoms with van der Waals surface area (Å²) in [6.07, 6.45) is 0.711. The van der Waals surface area contributed by atoms with Crippen molar-refractivity contribution in [1.82, 2.24) is 10.2 Å². The molecule has 14 heteroatoms. The van der Waals surface area contributed by atoms with Gasteiger partial charge in [0.25, 0.3) is 5.91 Å². The molecule has 1 fully saturated rings. The Morgan fingerprint density at radius 2 is 1.92 bits per heavy atom. The van der Waals surface area contributed by atoms with Crippen LogP contribution in [0.3, 0.4) is 0 Å². The van der Waals surface area contributed by atoms with Gasteiger partial charge in [0.05, 0.1) is 23.0 Å². The van der Waals surface area contributed by atoms with Crippen molar-refractivity contribution in [1.29, 1.82) is 0 Å². The molecular weight excluding hydrogens is 536 g/mol. The Balaban J connectivity index is 0.000000426. The number of likely N-dealkylation sites (tertiary alicyclic amines) is 1. The summed E-state index contributed by atoms with van der Waals surface area (Å²) in [6.45, 7) is 1.39. The molecule has 0 spiro atoms. The van der Waals surface area contributed by atoms with Crippen molar-refractivity contribution in [2.45, 2.75) is 37.5 Å². The maximum absolute atomic E-state index is 14.8. The number of likely N-dealkylation sites (N-methyl/N-ethyl adjacent to an activating group) is 1. The molecule has 1 aromatic carbocycles. The number of nitrogens with one attached hydrogen (secondary N) is 1. The minimum atomic E-state index is -5.08. The van der Waals surface area contributed by atoms with E-state index in [1.807, 2.05) is 19.2 Å². The second kappa shape index (κ2) is 11.1. The van der Waals surface area contributed by atoms with Gasteiger partial charge in [0, 0.05) is 24.0 Å². The lowest BCUT2D eigenvalue weighted by atomic mass is 9.96. The molecule has 5 rings (SSSR count). The smallest absolute Gasteiger partial charge is 0.486 e. The summed E-state index contributed by atoms with van der Waals surface area (Å²) in [5, 5.41) is 10.8. The number of carbonyl (C=O) groups excluding carboxylic acids is 1. The fourth-order valence-electron chi connectivity index (χ4n) is 4.24. The molecule has 1 aromatic rings. The summed E-state index contributed by atoms with van der Waals surface area (Å²) >= 11 is 6.10. The van der Waals surface area contributed by atoms with E-state index >= 15 is 0 Å². The Morgan fingerprint density at radius 1 is 1.21 bits per heavy atom. The van der Waals surface area contributed by atoms with E-state index < -0.39 is 23.9 Å². The molecule has 9 nitrogen and oxygen atoms in total. The van der Waals surface area contributed by atoms with E-state index in [4.69, 9.17) is 36.0 Å². The van der Waals surface area contributed by atoms with Crippen LogP contribution in [0.5, 0.6) is 11.5 Å². The van der Waals surface area contributed by atoms with Crippen molar-refractivity contribution in [2.24, 2.45) is 9.98 Å². The molecule has 3 aliphatic heterocycles. The summed E-state index contributed by atoms with van der Waals surface area (Å²) < 4.78 is 57.3. The fraction of sp³-hybridized carbons (Fsp3) is 0.417. The molecule has 0 unspecified atom stereocenters. The third-order valence-electron chi connectivity index (χ3n) is 6.18. The number of benzene rings is 1. The van der Waals surface area contributed by atoms with Crippen LogP contribution in [-0.2, 0) is 4.79 Å². The predicted molar refractivity (Wildman–Crippen MR) is 129 cm³/mol. The van der Waals surface area contributed by atoms with Gasteiger partial charge in [0.1, 0.15) is 19.0 Å². The maximum Gasteiger partial charge on any atom is 0.490 e. The zero-order chi connectivity index (χ0) is 27.6. The van der Waals surface area contributed by atoms with Crippen molar-refractivity contribution < 1.29 is 41.7 Å². The van der Waals surface area contributed by atoms with Crippen LogP contribution in [0.1, 0.15) is 29.6 Å². The Hall–Kier alpha value is -3.45. The molecule has 3 heterocycles. The minimum Gasteiger partial charge on any atom is -0.486 e. The van der Waals surface area contributed by atoms with Crippen LogP contribution in [0.4, 0.5) is 17.6 Å². The van der Waals surface area contributed by atoms with E-state index in [9.17, 15) is 22.4 Å². The standard InChI is InChI=1S/C22H22ClFN4O3.C2HF3O2/c1-28-7-6-13(11-17(28)21-26-15-4-2-12(23)10-16(15)27-21)25-22(29)14-3-5-18-20(19(14)24)31-9-8-30-18;3-2(4,5)1(6)7/h2-3,5,10,13,17H,4,6-9,11H2,1H3,(H,25,29);(H,6,7)/t13-,17-;/m1./s1. The van der Waals surface area contributed by atoms with E-state index in [-0.39, 0.29) is 30.0 Å². The molecule has 1 saturated heterocycles. The van der Waals surface area contributed by atoms with Gasteiger partial charge in [0.2, 0.25) is 0 Å². The molecule has 2 N–H and O–H groups in total. The van der Waals surface area contributed by atoms with E-state index in [2.05, 4.69) is 15.2 Å². The number of alkyl halides is 3. The SMILES string of the molecule is CN1CC[C@@H](NC(=O)c2ccc3c(c2F)OCCO3)C[C@@H]1C1=NC2=CC(Cl)=CCC2=N1.O=C(O)C(F)(F)F. The number of piperidine rings is 1. The minimum absolute atomic E-state index is 0.000518. The van der Waals surface area contributed by atoms with Crippen molar-refractivity contribution in [2.75, 3.05) is 26.8 Å². The molecule has 2 atom stereocenters. The lowest BCUT2D eigenvalue weighted by Crippen LogP contribution is -2.51. The number of aliphatic imine (C=N–C) groups is 2. The molecule has 0 saturated carbocycles. The van der Waals surface area contributed by atoms with Crippen molar-refractivity contribution in [3.63, 3.8) is 0 Å². The fourth-order valence-corrected chi connectivity index (χ4v) is 4.42. The van der Waals surface area contributed by atoms with Gasteiger partial charge in [-0.05, 0) is 38.1 Å². The zero-order valence-corrected chi connectivity index (χ0v) is 20.8. The van der Waals surface area contributed by atoms with Gasteiger partial charge in [-0.2, -0.15) is 13.2 Å². The summed E-state index contributed by atoms with van der Waals surface area (Å²) in [4.78, 5) is 33.3. The Kier molecular flexibility index (Phi) is 8.07. The number of allylic oxidation sites excluding steroid dienone is 4. The van der Waals surface area contributed by atoms with Gasteiger partial charge >= 0.3 is 12.1 Å². The van der Waals surface area contributed by atoms with Crippen molar-refractivity contribution >= 4 is 35.0 Å². The number of nitrogens with zero attached hydrogens (tertiary/aromatic N) is 3. The van der Waals surface area contributed by atoms with Gasteiger partial charge in [0.15, 0.2) is 17.3 Å². The average Bonchev–Trinajstić information content (AvgIpc) is 3.28. The second-order valence-electron chi connectivity index (χ2n) is 8.80. The second-order valence-corrected chi connectivity index (χ2v) is 9.23. The molecule has 4 aliphatic rings. The number of amides is 1. The molecule has 0 radical (unpaired) electrons. The maximum atomic E-state index is 14.8. The van der Waals surface area contributed by atoms with Crippen molar-refractivity contribution in [3.8, 4) is 11.5 Å². The number of hydrogen-bond acceptors (Lipinski definition) is 7. The highest BCUT2D eigenvalue weighted by atomic mass is 35.5. The van der Waals surface area contributed by atoms with Crippen LogP contribution in [-0.4, -0.2) is 78.5 Å². The largest absolute Gasteiger partial charge is 0.490 e. The van der Waals surface area contributed by atoms with Gasteiger partial charge in [-0.1, -0.05) is 17.7 Å². The molecular formula is C24H23ClF4N4O5. The molecule has 1 amide bonds.